The van der Waals surface area contributed by atoms with Crippen LogP contribution in [0.15, 0.2) is 18.2 Å². The van der Waals surface area contributed by atoms with Gasteiger partial charge in [0.05, 0.1) is 28.9 Å². The van der Waals surface area contributed by atoms with E-state index in [2.05, 4.69) is 11.4 Å². The number of ether oxygens (including phenoxy) is 1. The number of rotatable bonds is 3. The molecule has 2 rings (SSSR count). The van der Waals surface area contributed by atoms with Gasteiger partial charge in [-0.1, -0.05) is 11.6 Å². The predicted octanol–water partition coefficient (Wildman–Crippen LogP) is 3.24. The summed E-state index contributed by atoms with van der Waals surface area (Å²) < 4.78 is 4.99. The standard InChI is InChI=1S/C15H18ClN3O2/c1-2-21-15(20)19-7-5-12(6-8-19)18-14-4-3-11(10-17)9-13(14)16/h3-4,9,12,18H,2,5-8H2,1H3. The van der Waals surface area contributed by atoms with Crippen molar-refractivity contribution in [1.82, 2.24) is 4.90 Å². The minimum absolute atomic E-state index is 0.243. The maximum absolute atomic E-state index is 11.6. The highest BCUT2D eigenvalue weighted by Gasteiger charge is 2.23. The van der Waals surface area contributed by atoms with E-state index >= 15 is 0 Å². The molecule has 1 heterocycles. The quantitative estimate of drug-likeness (QED) is 0.931. The second-order valence-electron chi connectivity index (χ2n) is 4.91. The molecule has 0 unspecified atom stereocenters. The van der Waals surface area contributed by atoms with Gasteiger partial charge in [0.25, 0.3) is 0 Å². The molecule has 0 saturated carbocycles. The molecule has 1 N–H and O–H groups in total. The molecule has 0 radical (unpaired) electrons. The Balaban J connectivity index is 1.89. The van der Waals surface area contributed by atoms with E-state index < -0.39 is 0 Å². The van der Waals surface area contributed by atoms with Crippen LogP contribution in [0.2, 0.25) is 5.02 Å². The van der Waals surface area contributed by atoms with Crippen molar-refractivity contribution in [2.75, 3.05) is 25.0 Å². The minimum Gasteiger partial charge on any atom is -0.450 e. The first-order valence-electron chi connectivity index (χ1n) is 7.02. The fraction of sp³-hybridized carbons (Fsp3) is 0.467. The van der Waals surface area contributed by atoms with Crippen molar-refractivity contribution < 1.29 is 9.53 Å². The maximum atomic E-state index is 11.6. The monoisotopic (exact) mass is 307 g/mol. The van der Waals surface area contributed by atoms with E-state index in [4.69, 9.17) is 21.6 Å². The molecule has 1 aromatic rings. The molecule has 1 aliphatic rings. The van der Waals surface area contributed by atoms with E-state index in [0.717, 1.165) is 18.5 Å². The zero-order valence-corrected chi connectivity index (χ0v) is 12.7. The third kappa shape index (κ3) is 4.02. The van der Waals surface area contributed by atoms with E-state index in [9.17, 15) is 4.79 Å². The van der Waals surface area contributed by atoms with Crippen LogP contribution in [0.25, 0.3) is 0 Å². The van der Waals surface area contributed by atoms with Gasteiger partial charge in [-0.3, -0.25) is 0 Å². The van der Waals surface area contributed by atoms with Gasteiger partial charge in [-0.05, 0) is 38.0 Å². The number of nitriles is 1. The second kappa shape index (κ2) is 7.19. The average Bonchev–Trinajstić information content (AvgIpc) is 2.50. The zero-order valence-electron chi connectivity index (χ0n) is 11.9. The number of anilines is 1. The number of nitrogens with one attached hydrogen (secondary N) is 1. The largest absolute Gasteiger partial charge is 0.450 e. The van der Waals surface area contributed by atoms with E-state index in [0.29, 0.717) is 30.3 Å². The first kappa shape index (κ1) is 15.5. The summed E-state index contributed by atoms with van der Waals surface area (Å²) in [5, 5.41) is 12.7. The molecule has 0 aromatic heterocycles. The molecule has 5 nitrogen and oxygen atoms in total. The summed E-state index contributed by atoms with van der Waals surface area (Å²) in [5.74, 6) is 0. The first-order valence-corrected chi connectivity index (χ1v) is 7.39. The van der Waals surface area contributed by atoms with Gasteiger partial charge in [-0.25, -0.2) is 4.79 Å². The molecular weight excluding hydrogens is 290 g/mol. The number of amides is 1. The summed E-state index contributed by atoms with van der Waals surface area (Å²) >= 11 is 6.15. The molecule has 112 valence electrons. The van der Waals surface area contributed by atoms with Crippen molar-refractivity contribution in [3.05, 3.63) is 28.8 Å². The van der Waals surface area contributed by atoms with Crippen LogP contribution < -0.4 is 5.32 Å². The minimum atomic E-state index is -0.243. The van der Waals surface area contributed by atoms with Gasteiger partial charge in [-0.15, -0.1) is 0 Å². The zero-order chi connectivity index (χ0) is 15.2. The normalized spacial score (nSPS) is 15.4. The Morgan fingerprint density at radius 3 is 2.81 bits per heavy atom. The van der Waals surface area contributed by atoms with Gasteiger partial charge in [0.1, 0.15) is 0 Å². The fourth-order valence-corrected chi connectivity index (χ4v) is 2.58. The molecule has 1 fully saturated rings. The molecule has 0 bridgehead atoms. The van der Waals surface area contributed by atoms with Crippen LogP contribution in [0.5, 0.6) is 0 Å². The number of carbonyl (C=O) groups excluding carboxylic acids is 1. The molecule has 1 saturated heterocycles. The summed E-state index contributed by atoms with van der Waals surface area (Å²) in [5.41, 5.74) is 1.37. The lowest BCUT2D eigenvalue weighted by molar-refractivity contribution is 0.0983. The molecule has 0 aliphatic carbocycles. The van der Waals surface area contributed by atoms with Gasteiger partial charge in [-0.2, -0.15) is 5.26 Å². The summed E-state index contributed by atoms with van der Waals surface area (Å²) in [6.45, 7) is 3.55. The van der Waals surface area contributed by atoms with Crippen LogP contribution >= 0.6 is 11.6 Å². The number of carbonyl (C=O) groups is 1. The number of halogens is 1. The van der Waals surface area contributed by atoms with E-state index in [-0.39, 0.29) is 12.1 Å². The van der Waals surface area contributed by atoms with Crippen LogP contribution in [-0.4, -0.2) is 36.7 Å². The third-order valence-electron chi connectivity index (χ3n) is 3.48. The number of benzene rings is 1. The lowest BCUT2D eigenvalue weighted by Gasteiger charge is -2.32. The Bertz CT molecular complexity index is 548. The van der Waals surface area contributed by atoms with Crippen molar-refractivity contribution in [2.45, 2.75) is 25.8 Å². The third-order valence-corrected chi connectivity index (χ3v) is 3.79. The molecule has 6 heteroatoms. The molecule has 21 heavy (non-hydrogen) atoms. The Hall–Kier alpha value is -1.93. The van der Waals surface area contributed by atoms with Crippen molar-refractivity contribution in [2.24, 2.45) is 0 Å². The highest BCUT2D eigenvalue weighted by molar-refractivity contribution is 6.33. The molecule has 1 aliphatic heterocycles. The van der Waals surface area contributed by atoms with Crippen LogP contribution in [0, 0.1) is 11.3 Å². The predicted molar refractivity (Wildman–Crippen MR) is 81.4 cm³/mol. The molecule has 0 atom stereocenters. The number of nitrogens with zero attached hydrogens (tertiary/aromatic N) is 2. The lowest BCUT2D eigenvalue weighted by atomic mass is 10.0. The van der Waals surface area contributed by atoms with Crippen molar-refractivity contribution in [3.8, 4) is 6.07 Å². The Labute approximate surface area is 129 Å². The molecule has 1 aromatic carbocycles. The van der Waals surface area contributed by atoms with Crippen molar-refractivity contribution in [3.63, 3.8) is 0 Å². The number of likely N-dealkylation sites (tertiary alicyclic amines) is 1. The Morgan fingerprint density at radius 2 is 2.24 bits per heavy atom. The van der Waals surface area contributed by atoms with Crippen molar-refractivity contribution >= 4 is 23.4 Å². The van der Waals surface area contributed by atoms with Crippen LogP contribution in [0.3, 0.4) is 0 Å². The highest BCUT2D eigenvalue weighted by Crippen LogP contribution is 2.25. The van der Waals surface area contributed by atoms with Gasteiger partial charge >= 0.3 is 6.09 Å². The SMILES string of the molecule is CCOC(=O)N1CCC(Nc2ccc(C#N)cc2Cl)CC1. The second-order valence-corrected chi connectivity index (χ2v) is 5.32. The highest BCUT2D eigenvalue weighted by atomic mass is 35.5. The van der Waals surface area contributed by atoms with E-state index in [1.165, 1.54) is 0 Å². The Kier molecular flexibility index (Phi) is 5.29. The number of piperidine rings is 1. The summed E-state index contributed by atoms with van der Waals surface area (Å²) in [6, 6.07) is 7.53. The lowest BCUT2D eigenvalue weighted by Crippen LogP contribution is -2.42. The van der Waals surface area contributed by atoms with Gasteiger partial charge in [0.15, 0.2) is 0 Å². The fourth-order valence-electron chi connectivity index (χ4n) is 2.34. The van der Waals surface area contributed by atoms with Crippen molar-refractivity contribution in [1.29, 1.82) is 5.26 Å². The number of hydrogen-bond donors (Lipinski definition) is 1. The average molecular weight is 308 g/mol. The van der Waals surface area contributed by atoms with Crippen LogP contribution in [0.4, 0.5) is 10.5 Å². The van der Waals surface area contributed by atoms with Crippen LogP contribution in [-0.2, 0) is 4.74 Å². The summed E-state index contributed by atoms with van der Waals surface area (Å²) in [4.78, 5) is 13.3. The van der Waals surface area contributed by atoms with E-state index in [1.54, 1.807) is 24.0 Å². The Morgan fingerprint density at radius 1 is 1.52 bits per heavy atom. The first-order chi connectivity index (χ1) is 10.1. The molecule has 0 spiro atoms. The smallest absolute Gasteiger partial charge is 0.409 e. The molecular formula is C15H18ClN3O2. The topological polar surface area (TPSA) is 65.4 Å². The van der Waals surface area contributed by atoms with Gasteiger partial charge < -0.3 is 15.0 Å². The van der Waals surface area contributed by atoms with Crippen LogP contribution in [0.1, 0.15) is 25.3 Å². The molecule has 1 amide bonds. The van der Waals surface area contributed by atoms with Gasteiger partial charge in [0, 0.05) is 19.1 Å². The summed E-state index contributed by atoms with van der Waals surface area (Å²) in [6.07, 6.45) is 1.44. The summed E-state index contributed by atoms with van der Waals surface area (Å²) in [7, 11) is 0. The maximum Gasteiger partial charge on any atom is 0.409 e. The number of hydrogen-bond acceptors (Lipinski definition) is 4. The van der Waals surface area contributed by atoms with Gasteiger partial charge in [0.2, 0.25) is 0 Å². The van der Waals surface area contributed by atoms with E-state index in [1.807, 2.05) is 6.07 Å².